The summed E-state index contributed by atoms with van der Waals surface area (Å²) >= 11 is 0. The molecule has 21 heavy (non-hydrogen) atoms. The molecular weight excluding hydrogens is 293 g/mol. The lowest BCUT2D eigenvalue weighted by molar-refractivity contribution is -0.148. The van der Waals surface area contributed by atoms with E-state index in [1.807, 2.05) is 0 Å². The Bertz CT molecular complexity index is 533. The number of nitrogens with zero attached hydrogens (tertiary/aromatic N) is 2. The van der Waals surface area contributed by atoms with Gasteiger partial charge in [0.15, 0.2) is 5.76 Å². The van der Waals surface area contributed by atoms with Crippen molar-refractivity contribution < 1.29 is 32.3 Å². The molecule has 1 aromatic heterocycles. The van der Waals surface area contributed by atoms with Crippen molar-refractivity contribution in [3.63, 3.8) is 0 Å². The third-order valence-corrected chi connectivity index (χ3v) is 3.09. The van der Waals surface area contributed by atoms with E-state index in [-0.39, 0.29) is 37.7 Å². The summed E-state index contributed by atoms with van der Waals surface area (Å²) in [6.45, 7) is -0.509. The van der Waals surface area contributed by atoms with Gasteiger partial charge in [-0.3, -0.25) is 9.69 Å². The zero-order valence-corrected chi connectivity index (χ0v) is 10.9. The van der Waals surface area contributed by atoms with Gasteiger partial charge in [-0.05, 0) is 12.1 Å². The highest BCUT2D eigenvalue weighted by Crippen LogP contribution is 2.18. The Hall–Kier alpha value is -2.03. The van der Waals surface area contributed by atoms with Crippen LogP contribution in [0.5, 0.6) is 0 Å². The number of carboxylic acids is 1. The average Bonchev–Trinajstić information content (AvgIpc) is 2.86. The van der Waals surface area contributed by atoms with Crippen LogP contribution in [0.4, 0.5) is 13.2 Å². The van der Waals surface area contributed by atoms with E-state index in [9.17, 15) is 22.8 Å². The lowest BCUT2D eigenvalue weighted by atomic mass is 10.3. The Kier molecular flexibility index (Phi) is 4.21. The molecule has 0 radical (unpaired) electrons. The zero-order valence-electron chi connectivity index (χ0n) is 10.9. The van der Waals surface area contributed by atoms with Gasteiger partial charge in [0.2, 0.25) is 5.76 Å². The molecule has 1 amide bonds. The SMILES string of the molecule is O=C(O)c1ccc(C(=O)N2CCN(CC(F)(F)F)CC2)o1. The molecule has 2 rings (SSSR count). The standard InChI is InChI=1S/C12H13F3N2O4/c13-12(14,15)7-16-3-5-17(6-4-16)10(18)8-1-2-9(21-8)11(19)20/h1-2H,3-7H2,(H,19,20). The van der Waals surface area contributed by atoms with Gasteiger partial charge in [-0.2, -0.15) is 13.2 Å². The van der Waals surface area contributed by atoms with Crippen LogP contribution in [0.15, 0.2) is 16.5 Å². The molecule has 0 bridgehead atoms. The fourth-order valence-electron chi connectivity index (χ4n) is 2.09. The first-order chi connectivity index (χ1) is 9.76. The van der Waals surface area contributed by atoms with Gasteiger partial charge in [0, 0.05) is 26.2 Å². The van der Waals surface area contributed by atoms with Crippen molar-refractivity contribution in [3.8, 4) is 0 Å². The molecule has 0 atom stereocenters. The first kappa shape index (κ1) is 15.4. The highest BCUT2D eigenvalue weighted by molar-refractivity contribution is 5.93. The summed E-state index contributed by atoms with van der Waals surface area (Å²) in [5, 5.41) is 8.70. The van der Waals surface area contributed by atoms with Crippen LogP contribution in [-0.2, 0) is 0 Å². The monoisotopic (exact) mass is 306 g/mol. The van der Waals surface area contributed by atoms with E-state index in [1.54, 1.807) is 0 Å². The summed E-state index contributed by atoms with van der Waals surface area (Å²) in [5.41, 5.74) is 0. The van der Waals surface area contributed by atoms with Gasteiger partial charge < -0.3 is 14.4 Å². The van der Waals surface area contributed by atoms with Gasteiger partial charge in [-0.15, -0.1) is 0 Å². The van der Waals surface area contributed by atoms with E-state index in [1.165, 1.54) is 15.9 Å². The molecule has 0 spiro atoms. The molecule has 116 valence electrons. The molecule has 9 heteroatoms. The molecule has 1 aromatic rings. The van der Waals surface area contributed by atoms with E-state index < -0.39 is 24.6 Å². The molecule has 1 aliphatic heterocycles. The fourth-order valence-corrected chi connectivity index (χ4v) is 2.09. The lowest BCUT2D eigenvalue weighted by Crippen LogP contribution is -2.50. The van der Waals surface area contributed by atoms with Gasteiger partial charge in [0.05, 0.1) is 6.54 Å². The number of rotatable bonds is 3. The highest BCUT2D eigenvalue weighted by atomic mass is 19.4. The number of hydrogen-bond acceptors (Lipinski definition) is 4. The van der Waals surface area contributed by atoms with Crippen molar-refractivity contribution in [2.75, 3.05) is 32.7 Å². The summed E-state index contributed by atoms with van der Waals surface area (Å²) in [6, 6.07) is 2.41. The van der Waals surface area contributed by atoms with Gasteiger partial charge in [0.1, 0.15) is 0 Å². The molecule has 0 saturated carbocycles. The van der Waals surface area contributed by atoms with Crippen LogP contribution >= 0.6 is 0 Å². The number of amides is 1. The number of furan rings is 1. The molecular formula is C12H13F3N2O4. The summed E-state index contributed by atoms with van der Waals surface area (Å²) in [5.74, 6) is -2.29. The number of carbonyl (C=O) groups is 2. The molecule has 1 saturated heterocycles. The summed E-state index contributed by atoms with van der Waals surface area (Å²) in [6.07, 6.45) is -4.26. The van der Waals surface area contributed by atoms with Crippen LogP contribution in [0, 0.1) is 0 Å². The van der Waals surface area contributed by atoms with Crippen molar-refractivity contribution in [1.29, 1.82) is 0 Å². The smallest absolute Gasteiger partial charge is 0.401 e. The number of piperazine rings is 1. The van der Waals surface area contributed by atoms with E-state index >= 15 is 0 Å². The van der Waals surface area contributed by atoms with Crippen molar-refractivity contribution in [1.82, 2.24) is 9.80 Å². The number of carboxylic acid groups (broad SMARTS) is 1. The summed E-state index contributed by atoms with van der Waals surface area (Å²) in [4.78, 5) is 25.2. The van der Waals surface area contributed by atoms with Gasteiger partial charge in [0.25, 0.3) is 5.91 Å². The molecule has 1 fully saturated rings. The maximum absolute atomic E-state index is 12.2. The molecule has 0 aromatic carbocycles. The average molecular weight is 306 g/mol. The number of aromatic carboxylic acids is 1. The Labute approximate surface area is 117 Å². The highest BCUT2D eigenvalue weighted by Gasteiger charge is 2.33. The number of hydrogen-bond donors (Lipinski definition) is 1. The quantitative estimate of drug-likeness (QED) is 0.911. The van der Waals surface area contributed by atoms with Crippen LogP contribution in [0.25, 0.3) is 0 Å². The first-order valence-electron chi connectivity index (χ1n) is 6.18. The number of alkyl halides is 3. The lowest BCUT2D eigenvalue weighted by Gasteiger charge is -2.34. The Balaban J connectivity index is 1.92. The Morgan fingerprint density at radius 1 is 1.14 bits per heavy atom. The van der Waals surface area contributed by atoms with Crippen LogP contribution in [0.3, 0.4) is 0 Å². The number of halogens is 3. The third kappa shape index (κ3) is 3.97. The van der Waals surface area contributed by atoms with Crippen LogP contribution in [0.1, 0.15) is 21.1 Å². The second-order valence-corrected chi connectivity index (χ2v) is 4.65. The molecule has 0 aliphatic carbocycles. The van der Waals surface area contributed by atoms with Gasteiger partial charge >= 0.3 is 12.1 Å². The largest absolute Gasteiger partial charge is 0.475 e. The van der Waals surface area contributed by atoms with E-state index in [0.717, 1.165) is 6.07 Å². The van der Waals surface area contributed by atoms with Crippen LogP contribution < -0.4 is 0 Å². The van der Waals surface area contributed by atoms with Crippen molar-refractivity contribution in [2.24, 2.45) is 0 Å². The van der Waals surface area contributed by atoms with Crippen molar-refractivity contribution in [2.45, 2.75) is 6.18 Å². The summed E-state index contributed by atoms with van der Waals surface area (Å²) in [7, 11) is 0. The van der Waals surface area contributed by atoms with Crippen molar-refractivity contribution in [3.05, 3.63) is 23.7 Å². The Morgan fingerprint density at radius 3 is 2.19 bits per heavy atom. The topological polar surface area (TPSA) is 74.0 Å². The second kappa shape index (κ2) is 5.76. The maximum Gasteiger partial charge on any atom is 0.401 e. The predicted molar refractivity (Wildman–Crippen MR) is 64.1 cm³/mol. The minimum Gasteiger partial charge on any atom is -0.475 e. The predicted octanol–water partition coefficient (Wildman–Crippen LogP) is 1.30. The zero-order chi connectivity index (χ0) is 15.6. The molecule has 6 nitrogen and oxygen atoms in total. The first-order valence-corrected chi connectivity index (χ1v) is 6.18. The fraction of sp³-hybridized carbons (Fsp3) is 0.500. The molecule has 0 unspecified atom stereocenters. The summed E-state index contributed by atoms with van der Waals surface area (Å²) < 4.78 is 41.6. The van der Waals surface area contributed by atoms with Crippen LogP contribution in [-0.4, -0.2) is 65.7 Å². The Morgan fingerprint density at radius 2 is 1.71 bits per heavy atom. The van der Waals surface area contributed by atoms with Gasteiger partial charge in [-0.25, -0.2) is 4.79 Å². The minimum absolute atomic E-state index is 0.109. The van der Waals surface area contributed by atoms with E-state index in [4.69, 9.17) is 9.52 Å². The number of carbonyl (C=O) groups excluding carboxylic acids is 1. The van der Waals surface area contributed by atoms with Gasteiger partial charge in [-0.1, -0.05) is 0 Å². The normalized spacial score (nSPS) is 17.0. The van der Waals surface area contributed by atoms with E-state index in [0.29, 0.717) is 0 Å². The molecule has 1 N–H and O–H groups in total. The molecule has 1 aliphatic rings. The minimum atomic E-state index is -4.26. The van der Waals surface area contributed by atoms with Crippen molar-refractivity contribution >= 4 is 11.9 Å². The second-order valence-electron chi connectivity index (χ2n) is 4.65. The van der Waals surface area contributed by atoms with Crippen LogP contribution in [0.2, 0.25) is 0 Å². The van der Waals surface area contributed by atoms with E-state index in [2.05, 4.69) is 0 Å². The molecule has 2 heterocycles. The maximum atomic E-state index is 12.2. The third-order valence-electron chi connectivity index (χ3n) is 3.09.